The third-order valence-corrected chi connectivity index (χ3v) is 2.65. The molecule has 0 aromatic carbocycles. The highest BCUT2D eigenvalue weighted by Crippen LogP contribution is 2.20. The molecule has 2 heterocycles. The average Bonchev–Trinajstić information content (AvgIpc) is 2.74. The molecule has 0 amide bonds. The summed E-state index contributed by atoms with van der Waals surface area (Å²) in [7, 11) is 1.96. The van der Waals surface area contributed by atoms with Crippen LogP contribution in [0.4, 0.5) is 5.69 Å². The van der Waals surface area contributed by atoms with Crippen LogP contribution in [0.5, 0.6) is 0 Å². The van der Waals surface area contributed by atoms with Crippen molar-refractivity contribution in [1.82, 2.24) is 4.98 Å². The normalized spacial score (nSPS) is 10.5. The third kappa shape index (κ3) is 2.65. The van der Waals surface area contributed by atoms with Crippen molar-refractivity contribution < 1.29 is 9.52 Å². The molecule has 0 bridgehead atoms. The van der Waals surface area contributed by atoms with Gasteiger partial charge in [0.15, 0.2) is 0 Å². The molecule has 0 saturated carbocycles. The van der Waals surface area contributed by atoms with Crippen LogP contribution in [0.1, 0.15) is 17.1 Å². The van der Waals surface area contributed by atoms with E-state index in [0.29, 0.717) is 6.54 Å². The predicted molar refractivity (Wildman–Crippen MR) is 65.7 cm³/mol. The summed E-state index contributed by atoms with van der Waals surface area (Å²) >= 11 is 0. The topological polar surface area (TPSA) is 49.5 Å². The fourth-order valence-electron chi connectivity index (χ4n) is 1.80. The minimum absolute atomic E-state index is 0.00923. The Morgan fingerprint density at radius 3 is 2.82 bits per heavy atom. The van der Waals surface area contributed by atoms with E-state index in [2.05, 4.69) is 4.98 Å². The van der Waals surface area contributed by atoms with Crippen molar-refractivity contribution in [2.45, 2.75) is 20.1 Å². The Hall–Kier alpha value is -1.81. The van der Waals surface area contributed by atoms with E-state index in [1.165, 1.54) is 0 Å². The second kappa shape index (κ2) is 5.01. The zero-order chi connectivity index (χ0) is 12.3. The van der Waals surface area contributed by atoms with Crippen LogP contribution < -0.4 is 4.90 Å². The van der Waals surface area contributed by atoms with Crippen molar-refractivity contribution in [3.8, 4) is 0 Å². The fourth-order valence-corrected chi connectivity index (χ4v) is 1.80. The second-order valence-corrected chi connectivity index (χ2v) is 4.03. The number of aryl methyl sites for hydroxylation is 1. The van der Waals surface area contributed by atoms with Crippen LogP contribution >= 0.6 is 0 Å². The van der Waals surface area contributed by atoms with E-state index in [4.69, 9.17) is 4.42 Å². The molecular formula is C13H16N2O2. The Balaban J connectivity index is 2.16. The number of nitrogens with zero attached hydrogens (tertiary/aromatic N) is 2. The molecule has 2 aromatic heterocycles. The molecule has 0 unspecified atom stereocenters. The number of rotatable bonds is 4. The number of pyridine rings is 1. The largest absolute Gasteiger partial charge is 0.464 e. The number of furan rings is 1. The van der Waals surface area contributed by atoms with Gasteiger partial charge >= 0.3 is 0 Å². The Morgan fingerprint density at radius 2 is 2.18 bits per heavy atom. The van der Waals surface area contributed by atoms with E-state index in [0.717, 1.165) is 22.8 Å². The summed E-state index contributed by atoms with van der Waals surface area (Å²) in [4.78, 5) is 6.03. The summed E-state index contributed by atoms with van der Waals surface area (Å²) in [5.41, 5.74) is 1.79. The third-order valence-electron chi connectivity index (χ3n) is 2.65. The highest BCUT2D eigenvalue weighted by molar-refractivity contribution is 5.51. The van der Waals surface area contributed by atoms with Crippen LogP contribution in [0.3, 0.4) is 0 Å². The molecule has 0 radical (unpaired) electrons. The number of aromatic nitrogens is 1. The maximum absolute atomic E-state index is 9.25. The number of aliphatic hydroxyl groups excluding tert-OH is 1. The minimum atomic E-state index is -0.00923. The summed E-state index contributed by atoms with van der Waals surface area (Å²) in [6, 6.07) is 5.80. The van der Waals surface area contributed by atoms with Crippen molar-refractivity contribution in [3.05, 3.63) is 47.7 Å². The Bertz CT molecular complexity index is 494. The molecule has 0 aliphatic carbocycles. The fraction of sp³-hybridized carbons (Fsp3) is 0.308. The summed E-state index contributed by atoms with van der Waals surface area (Å²) in [5, 5.41) is 9.25. The van der Waals surface area contributed by atoms with E-state index in [-0.39, 0.29) is 6.61 Å². The van der Waals surface area contributed by atoms with Crippen LogP contribution in [0.25, 0.3) is 0 Å². The first-order valence-electron chi connectivity index (χ1n) is 5.51. The van der Waals surface area contributed by atoms with Crippen molar-refractivity contribution in [2.75, 3.05) is 11.9 Å². The van der Waals surface area contributed by atoms with E-state index in [9.17, 15) is 5.11 Å². The van der Waals surface area contributed by atoms with Crippen LogP contribution in [-0.4, -0.2) is 17.1 Å². The quantitative estimate of drug-likeness (QED) is 0.877. The van der Waals surface area contributed by atoms with Gasteiger partial charge in [0.05, 0.1) is 13.2 Å². The molecule has 0 spiro atoms. The minimum Gasteiger partial charge on any atom is -0.464 e. The molecule has 4 heteroatoms. The lowest BCUT2D eigenvalue weighted by Gasteiger charge is -2.20. The molecule has 0 atom stereocenters. The molecular weight excluding hydrogens is 216 g/mol. The van der Waals surface area contributed by atoms with Crippen LogP contribution in [0.2, 0.25) is 0 Å². The summed E-state index contributed by atoms with van der Waals surface area (Å²) in [6.45, 7) is 2.59. The summed E-state index contributed by atoms with van der Waals surface area (Å²) < 4.78 is 5.53. The SMILES string of the molecule is Cc1ccc(CN(C)c2ccncc2CO)o1. The Morgan fingerprint density at radius 1 is 1.35 bits per heavy atom. The smallest absolute Gasteiger partial charge is 0.123 e. The van der Waals surface area contributed by atoms with Gasteiger partial charge in [0.2, 0.25) is 0 Å². The average molecular weight is 232 g/mol. The monoisotopic (exact) mass is 232 g/mol. The van der Waals surface area contributed by atoms with Gasteiger partial charge < -0.3 is 14.4 Å². The highest BCUT2D eigenvalue weighted by atomic mass is 16.3. The first-order valence-corrected chi connectivity index (χ1v) is 5.51. The number of hydrogen-bond donors (Lipinski definition) is 1. The van der Waals surface area contributed by atoms with Gasteiger partial charge in [0.25, 0.3) is 0 Å². The molecule has 2 aromatic rings. The number of hydrogen-bond acceptors (Lipinski definition) is 4. The van der Waals surface area contributed by atoms with Crippen molar-refractivity contribution in [1.29, 1.82) is 0 Å². The highest BCUT2D eigenvalue weighted by Gasteiger charge is 2.09. The second-order valence-electron chi connectivity index (χ2n) is 4.03. The van der Waals surface area contributed by atoms with Gasteiger partial charge in [-0.15, -0.1) is 0 Å². The Labute approximate surface area is 101 Å². The first-order chi connectivity index (χ1) is 8.20. The maximum atomic E-state index is 9.25. The number of anilines is 1. The molecule has 0 aliphatic rings. The van der Waals surface area contributed by atoms with Crippen LogP contribution in [0.15, 0.2) is 35.0 Å². The van der Waals surface area contributed by atoms with Crippen molar-refractivity contribution in [2.24, 2.45) is 0 Å². The lowest BCUT2D eigenvalue weighted by molar-refractivity contribution is 0.281. The summed E-state index contributed by atoms with van der Waals surface area (Å²) in [6.07, 6.45) is 3.40. The van der Waals surface area contributed by atoms with E-state index >= 15 is 0 Å². The molecule has 4 nitrogen and oxygen atoms in total. The van der Waals surface area contributed by atoms with Gasteiger partial charge in [-0.2, -0.15) is 0 Å². The molecule has 90 valence electrons. The van der Waals surface area contributed by atoms with Gasteiger partial charge in [-0.1, -0.05) is 0 Å². The van der Waals surface area contributed by atoms with Gasteiger partial charge in [0, 0.05) is 30.7 Å². The van der Waals surface area contributed by atoms with Gasteiger partial charge in [0.1, 0.15) is 11.5 Å². The number of aliphatic hydroxyl groups is 1. The molecule has 1 N–H and O–H groups in total. The van der Waals surface area contributed by atoms with E-state index in [1.807, 2.05) is 37.1 Å². The van der Waals surface area contributed by atoms with E-state index < -0.39 is 0 Å². The molecule has 0 aliphatic heterocycles. The standard InChI is InChI=1S/C13H16N2O2/c1-10-3-4-12(17-10)8-15(2)13-5-6-14-7-11(13)9-16/h3-7,16H,8-9H2,1-2H3. The van der Waals surface area contributed by atoms with Gasteiger partial charge in [-0.05, 0) is 25.1 Å². The van der Waals surface area contributed by atoms with Gasteiger partial charge in [-0.3, -0.25) is 4.98 Å². The maximum Gasteiger partial charge on any atom is 0.123 e. The Kier molecular flexibility index (Phi) is 3.44. The van der Waals surface area contributed by atoms with E-state index in [1.54, 1.807) is 12.4 Å². The van der Waals surface area contributed by atoms with Crippen LogP contribution in [0, 0.1) is 6.92 Å². The molecule has 0 saturated heterocycles. The lowest BCUT2D eigenvalue weighted by Crippen LogP contribution is -2.17. The summed E-state index contributed by atoms with van der Waals surface area (Å²) in [5.74, 6) is 1.82. The van der Waals surface area contributed by atoms with Gasteiger partial charge in [-0.25, -0.2) is 0 Å². The molecule has 2 rings (SSSR count). The zero-order valence-electron chi connectivity index (χ0n) is 10.1. The van der Waals surface area contributed by atoms with Crippen LogP contribution in [-0.2, 0) is 13.2 Å². The molecule has 17 heavy (non-hydrogen) atoms. The lowest BCUT2D eigenvalue weighted by atomic mass is 10.2. The predicted octanol–water partition coefficient (Wildman–Crippen LogP) is 2.11. The van der Waals surface area contributed by atoms with Crippen molar-refractivity contribution in [3.63, 3.8) is 0 Å². The molecule has 0 fully saturated rings. The first kappa shape index (κ1) is 11.7. The van der Waals surface area contributed by atoms with Crippen molar-refractivity contribution >= 4 is 5.69 Å². The zero-order valence-corrected chi connectivity index (χ0v) is 10.1.